The van der Waals surface area contributed by atoms with E-state index in [0.29, 0.717) is 11.6 Å². The lowest BCUT2D eigenvalue weighted by Gasteiger charge is -2.23. The van der Waals surface area contributed by atoms with Crippen LogP contribution < -0.4 is 10.5 Å². The normalized spacial score (nSPS) is 19.7. The Morgan fingerprint density at radius 2 is 2.23 bits per heavy atom. The largest absolute Gasteiger partial charge is 0.492 e. The minimum absolute atomic E-state index is 0. The topological polar surface area (TPSA) is 35.2 Å². The van der Waals surface area contributed by atoms with Gasteiger partial charge in [0, 0.05) is 18.0 Å². The third-order valence-corrected chi connectivity index (χ3v) is 2.37. The third-order valence-electron chi connectivity index (χ3n) is 2.07. The molecule has 1 aromatic rings. The first-order valence-corrected chi connectivity index (χ1v) is 4.33. The van der Waals surface area contributed by atoms with Gasteiger partial charge < -0.3 is 10.5 Å². The molecule has 2 N–H and O–H groups in total. The van der Waals surface area contributed by atoms with Gasteiger partial charge in [0.25, 0.3) is 0 Å². The highest BCUT2D eigenvalue weighted by molar-refractivity contribution is 6.32. The number of benzene rings is 1. The molecule has 2 rings (SSSR count). The molecule has 72 valence electrons. The summed E-state index contributed by atoms with van der Waals surface area (Å²) in [6, 6.07) is 5.76. The Morgan fingerprint density at radius 1 is 1.46 bits per heavy atom. The standard InChI is InChI=1S/C9H10ClNO.ClH/c10-7-3-1-2-6-8(11)4-5-12-9(6)7;/h1-3,8H,4-5,11H2;1H. The SMILES string of the molecule is Cl.NC1CCOc2c(Cl)cccc21. The molecule has 0 bridgehead atoms. The molecule has 4 heteroatoms. The molecule has 0 radical (unpaired) electrons. The van der Waals surface area contributed by atoms with Crippen molar-refractivity contribution < 1.29 is 4.74 Å². The van der Waals surface area contributed by atoms with Crippen LogP contribution in [0.5, 0.6) is 5.75 Å². The third kappa shape index (κ3) is 1.90. The van der Waals surface area contributed by atoms with Crippen LogP contribution in [0.1, 0.15) is 18.0 Å². The van der Waals surface area contributed by atoms with Crippen molar-refractivity contribution in [3.05, 3.63) is 28.8 Å². The molecule has 0 fully saturated rings. The Bertz CT molecular complexity index is 304. The molecule has 13 heavy (non-hydrogen) atoms. The van der Waals surface area contributed by atoms with Crippen molar-refractivity contribution in [3.63, 3.8) is 0 Å². The maximum absolute atomic E-state index is 5.93. The van der Waals surface area contributed by atoms with Crippen LogP contribution in [-0.4, -0.2) is 6.61 Å². The lowest BCUT2D eigenvalue weighted by atomic mass is 10.0. The molecule has 1 aromatic carbocycles. The second kappa shape index (κ2) is 4.18. The number of para-hydroxylation sites is 1. The van der Waals surface area contributed by atoms with Gasteiger partial charge in [-0.2, -0.15) is 0 Å². The molecule has 0 saturated carbocycles. The van der Waals surface area contributed by atoms with Crippen molar-refractivity contribution in [2.24, 2.45) is 5.73 Å². The van der Waals surface area contributed by atoms with Crippen LogP contribution in [-0.2, 0) is 0 Å². The summed E-state index contributed by atoms with van der Waals surface area (Å²) in [7, 11) is 0. The van der Waals surface area contributed by atoms with E-state index < -0.39 is 0 Å². The summed E-state index contributed by atoms with van der Waals surface area (Å²) in [5.74, 6) is 0.762. The van der Waals surface area contributed by atoms with Gasteiger partial charge in [-0.05, 0) is 6.07 Å². The summed E-state index contributed by atoms with van der Waals surface area (Å²) in [4.78, 5) is 0. The average molecular weight is 220 g/mol. The quantitative estimate of drug-likeness (QED) is 0.729. The highest BCUT2D eigenvalue weighted by Gasteiger charge is 2.19. The number of ether oxygens (including phenoxy) is 1. The molecule has 1 heterocycles. The van der Waals surface area contributed by atoms with Crippen molar-refractivity contribution >= 4 is 24.0 Å². The molecule has 0 spiro atoms. The van der Waals surface area contributed by atoms with Gasteiger partial charge in [0.1, 0.15) is 5.75 Å². The van der Waals surface area contributed by atoms with Crippen molar-refractivity contribution in [3.8, 4) is 5.75 Å². The number of hydrogen-bond acceptors (Lipinski definition) is 2. The summed E-state index contributed by atoms with van der Waals surface area (Å²) in [6.07, 6.45) is 0.868. The van der Waals surface area contributed by atoms with Gasteiger partial charge in [-0.3, -0.25) is 0 Å². The van der Waals surface area contributed by atoms with E-state index in [4.69, 9.17) is 22.1 Å². The van der Waals surface area contributed by atoms with Gasteiger partial charge in [-0.15, -0.1) is 12.4 Å². The lowest BCUT2D eigenvalue weighted by Crippen LogP contribution is -2.20. The summed E-state index contributed by atoms with van der Waals surface area (Å²) >= 11 is 5.93. The second-order valence-corrected chi connectivity index (χ2v) is 3.31. The fourth-order valence-electron chi connectivity index (χ4n) is 1.41. The van der Waals surface area contributed by atoms with E-state index in [0.717, 1.165) is 17.7 Å². The molecule has 0 aromatic heterocycles. The van der Waals surface area contributed by atoms with Crippen LogP contribution in [0.25, 0.3) is 0 Å². The summed E-state index contributed by atoms with van der Waals surface area (Å²) in [5, 5.41) is 0.655. The minimum Gasteiger partial charge on any atom is -0.492 e. The summed E-state index contributed by atoms with van der Waals surface area (Å²) in [6.45, 7) is 0.665. The van der Waals surface area contributed by atoms with Gasteiger partial charge in [-0.1, -0.05) is 23.7 Å². The van der Waals surface area contributed by atoms with Crippen LogP contribution in [0.15, 0.2) is 18.2 Å². The zero-order valence-electron chi connectivity index (χ0n) is 7.00. The zero-order valence-corrected chi connectivity index (χ0v) is 8.57. The van der Waals surface area contributed by atoms with Crippen LogP contribution >= 0.6 is 24.0 Å². The fraction of sp³-hybridized carbons (Fsp3) is 0.333. The molecule has 0 aliphatic carbocycles. The van der Waals surface area contributed by atoms with Gasteiger partial charge in [-0.25, -0.2) is 0 Å². The zero-order chi connectivity index (χ0) is 8.55. The van der Waals surface area contributed by atoms with E-state index in [1.54, 1.807) is 0 Å². The van der Waals surface area contributed by atoms with Crippen LogP contribution in [0.3, 0.4) is 0 Å². The van der Waals surface area contributed by atoms with Crippen LogP contribution in [0.2, 0.25) is 5.02 Å². The van der Waals surface area contributed by atoms with E-state index in [2.05, 4.69) is 0 Å². The monoisotopic (exact) mass is 219 g/mol. The Balaban J connectivity index is 0.000000845. The van der Waals surface area contributed by atoms with Gasteiger partial charge in [0.15, 0.2) is 0 Å². The number of nitrogens with two attached hydrogens (primary N) is 1. The molecule has 0 saturated heterocycles. The molecule has 0 amide bonds. The van der Waals surface area contributed by atoms with Crippen molar-refractivity contribution in [1.82, 2.24) is 0 Å². The molecule has 1 aliphatic rings. The van der Waals surface area contributed by atoms with Gasteiger partial charge in [0.05, 0.1) is 11.6 Å². The first-order chi connectivity index (χ1) is 5.79. The van der Waals surface area contributed by atoms with E-state index in [1.165, 1.54) is 0 Å². The summed E-state index contributed by atoms with van der Waals surface area (Å²) in [5.41, 5.74) is 6.90. The van der Waals surface area contributed by atoms with Crippen LogP contribution in [0, 0.1) is 0 Å². The Labute approximate surface area is 88.4 Å². The minimum atomic E-state index is 0. The van der Waals surface area contributed by atoms with Crippen molar-refractivity contribution in [2.75, 3.05) is 6.61 Å². The lowest BCUT2D eigenvalue weighted by molar-refractivity contribution is 0.269. The smallest absolute Gasteiger partial charge is 0.142 e. The van der Waals surface area contributed by atoms with E-state index in [-0.39, 0.29) is 18.4 Å². The Morgan fingerprint density at radius 3 is 2.92 bits per heavy atom. The number of hydrogen-bond donors (Lipinski definition) is 1. The molecule has 1 aliphatic heterocycles. The highest BCUT2D eigenvalue weighted by atomic mass is 35.5. The number of fused-ring (bicyclic) bond motifs is 1. The van der Waals surface area contributed by atoms with E-state index >= 15 is 0 Å². The maximum atomic E-state index is 5.93. The Hall–Kier alpha value is -0.440. The maximum Gasteiger partial charge on any atom is 0.142 e. The first kappa shape index (κ1) is 10.6. The number of halogens is 2. The predicted molar refractivity (Wildman–Crippen MR) is 55.7 cm³/mol. The van der Waals surface area contributed by atoms with Crippen molar-refractivity contribution in [2.45, 2.75) is 12.5 Å². The average Bonchev–Trinajstić information content (AvgIpc) is 2.07. The van der Waals surface area contributed by atoms with Crippen molar-refractivity contribution in [1.29, 1.82) is 0 Å². The van der Waals surface area contributed by atoms with E-state index in [9.17, 15) is 0 Å². The predicted octanol–water partition coefficient (Wildman–Crippen LogP) is 2.54. The second-order valence-electron chi connectivity index (χ2n) is 2.90. The van der Waals surface area contributed by atoms with E-state index in [1.807, 2.05) is 18.2 Å². The molecular weight excluding hydrogens is 209 g/mol. The van der Waals surface area contributed by atoms with Gasteiger partial charge in [0.2, 0.25) is 0 Å². The molecule has 2 nitrogen and oxygen atoms in total. The fourth-order valence-corrected chi connectivity index (χ4v) is 1.65. The van der Waals surface area contributed by atoms with Crippen LogP contribution in [0.4, 0.5) is 0 Å². The van der Waals surface area contributed by atoms with Gasteiger partial charge >= 0.3 is 0 Å². The highest BCUT2D eigenvalue weighted by Crippen LogP contribution is 2.36. The Kier molecular flexibility index (Phi) is 3.42. The molecule has 1 unspecified atom stereocenters. The first-order valence-electron chi connectivity index (χ1n) is 3.96. The molecular formula is C9H11Cl2NO. The number of rotatable bonds is 0. The molecule has 1 atom stereocenters. The summed E-state index contributed by atoms with van der Waals surface area (Å²) < 4.78 is 5.41.